The Morgan fingerprint density at radius 3 is 2.78 bits per heavy atom. The lowest BCUT2D eigenvalue weighted by molar-refractivity contribution is 0.122. The summed E-state index contributed by atoms with van der Waals surface area (Å²) >= 11 is 6.01. The molecule has 0 bridgehead atoms. The van der Waals surface area contributed by atoms with Gasteiger partial charge in [0.2, 0.25) is 10.0 Å². The first-order valence-corrected chi connectivity index (χ1v) is 10.5. The highest BCUT2D eigenvalue weighted by Gasteiger charge is 2.17. The van der Waals surface area contributed by atoms with Crippen molar-refractivity contribution >= 4 is 33.3 Å². The van der Waals surface area contributed by atoms with Crippen LogP contribution >= 0.6 is 11.6 Å². The number of hydrogen-bond donors (Lipinski definition) is 2. The summed E-state index contributed by atoms with van der Waals surface area (Å²) in [6.07, 6.45) is 1.49. The van der Waals surface area contributed by atoms with Crippen LogP contribution in [0, 0.1) is 6.92 Å². The molecule has 1 aliphatic rings. The van der Waals surface area contributed by atoms with Gasteiger partial charge in [-0.3, -0.25) is 0 Å². The second-order valence-corrected chi connectivity index (χ2v) is 8.19. The molecule has 27 heavy (non-hydrogen) atoms. The average Bonchev–Trinajstić information content (AvgIpc) is 2.68. The summed E-state index contributed by atoms with van der Waals surface area (Å²) in [5.41, 5.74) is 0.533. The van der Waals surface area contributed by atoms with Gasteiger partial charge < -0.3 is 15.0 Å². The van der Waals surface area contributed by atoms with Crippen LogP contribution in [0.4, 0.5) is 11.6 Å². The van der Waals surface area contributed by atoms with E-state index in [9.17, 15) is 8.42 Å². The van der Waals surface area contributed by atoms with Crippen LogP contribution in [0.3, 0.4) is 0 Å². The van der Waals surface area contributed by atoms with Gasteiger partial charge in [-0.25, -0.2) is 23.1 Å². The van der Waals surface area contributed by atoms with Crippen LogP contribution in [-0.2, 0) is 14.8 Å². The Kier molecular flexibility index (Phi) is 6.48. The molecule has 1 fully saturated rings. The van der Waals surface area contributed by atoms with Gasteiger partial charge in [0.15, 0.2) is 0 Å². The molecule has 0 unspecified atom stereocenters. The molecule has 2 heterocycles. The van der Waals surface area contributed by atoms with Crippen LogP contribution in [0.15, 0.2) is 35.5 Å². The summed E-state index contributed by atoms with van der Waals surface area (Å²) < 4.78 is 32.8. The minimum absolute atomic E-state index is 0.187. The summed E-state index contributed by atoms with van der Waals surface area (Å²) in [7, 11) is -3.62. The van der Waals surface area contributed by atoms with Crippen LogP contribution in [0.5, 0.6) is 0 Å². The second-order valence-electron chi connectivity index (χ2n) is 6.05. The molecule has 3 rings (SSSR count). The van der Waals surface area contributed by atoms with E-state index < -0.39 is 10.0 Å². The molecule has 0 aliphatic carbocycles. The summed E-state index contributed by atoms with van der Waals surface area (Å²) in [4.78, 5) is 10.8. The van der Waals surface area contributed by atoms with Crippen LogP contribution in [0.25, 0.3) is 0 Å². The van der Waals surface area contributed by atoms with E-state index in [2.05, 4.69) is 24.9 Å². The van der Waals surface area contributed by atoms with Crippen molar-refractivity contribution in [2.75, 3.05) is 49.6 Å². The zero-order chi connectivity index (χ0) is 19.3. The van der Waals surface area contributed by atoms with Gasteiger partial charge in [0.05, 0.1) is 18.1 Å². The molecule has 2 aromatic rings. The minimum atomic E-state index is -3.62. The number of sulfonamides is 1. The molecule has 1 aromatic heterocycles. The van der Waals surface area contributed by atoms with E-state index in [0.29, 0.717) is 36.2 Å². The van der Waals surface area contributed by atoms with Crippen molar-refractivity contribution in [1.29, 1.82) is 0 Å². The third kappa shape index (κ3) is 5.07. The highest BCUT2D eigenvalue weighted by Crippen LogP contribution is 2.22. The first-order valence-electron chi connectivity index (χ1n) is 8.61. The predicted molar refractivity (Wildman–Crippen MR) is 105 cm³/mol. The van der Waals surface area contributed by atoms with Gasteiger partial charge in [0.1, 0.15) is 18.0 Å². The maximum Gasteiger partial charge on any atom is 0.240 e. The van der Waals surface area contributed by atoms with Crippen molar-refractivity contribution in [2.45, 2.75) is 11.8 Å². The highest BCUT2D eigenvalue weighted by molar-refractivity contribution is 7.89. The molecule has 146 valence electrons. The lowest BCUT2D eigenvalue weighted by atomic mass is 10.2. The molecule has 0 saturated carbocycles. The number of nitrogens with zero attached hydrogens (tertiary/aromatic N) is 3. The lowest BCUT2D eigenvalue weighted by Crippen LogP contribution is -2.36. The summed E-state index contributed by atoms with van der Waals surface area (Å²) in [5.74, 6) is 1.47. The molecule has 0 spiro atoms. The van der Waals surface area contributed by atoms with Crippen LogP contribution < -0.4 is 14.9 Å². The Morgan fingerprint density at radius 1 is 1.22 bits per heavy atom. The van der Waals surface area contributed by atoms with Gasteiger partial charge in [-0.2, -0.15) is 0 Å². The third-order valence-corrected chi connectivity index (χ3v) is 6.23. The molecule has 0 atom stereocenters. The SMILES string of the molecule is Cc1c(Cl)cccc1S(=O)(=O)NCCNc1cc(N2CCOCC2)ncn1. The van der Waals surface area contributed by atoms with Crippen molar-refractivity contribution < 1.29 is 13.2 Å². The summed E-state index contributed by atoms with van der Waals surface area (Å²) in [6, 6.07) is 6.67. The van der Waals surface area contributed by atoms with E-state index in [-0.39, 0.29) is 11.4 Å². The van der Waals surface area contributed by atoms with E-state index in [1.54, 1.807) is 19.1 Å². The first kappa shape index (κ1) is 19.8. The molecule has 1 saturated heterocycles. The molecular formula is C17H22ClN5O3S. The highest BCUT2D eigenvalue weighted by atomic mass is 35.5. The van der Waals surface area contributed by atoms with Gasteiger partial charge in [-0.15, -0.1) is 0 Å². The van der Waals surface area contributed by atoms with Crippen molar-refractivity contribution in [1.82, 2.24) is 14.7 Å². The number of benzene rings is 1. The number of morpholine rings is 1. The molecule has 2 N–H and O–H groups in total. The molecule has 10 heteroatoms. The molecule has 0 radical (unpaired) electrons. The summed E-state index contributed by atoms with van der Waals surface area (Å²) in [5, 5.41) is 3.54. The Balaban J connectivity index is 1.55. The monoisotopic (exact) mass is 411 g/mol. The normalized spacial score (nSPS) is 15.0. The van der Waals surface area contributed by atoms with Crippen LogP contribution in [-0.4, -0.2) is 57.8 Å². The quantitative estimate of drug-likeness (QED) is 0.669. The van der Waals surface area contributed by atoms with E-state index in [0.717, 1.165) is 18.9 Å². The Labute approximate surface area is 164 Å². The van der Waals surface area contributed by atoms with Gasteiger partial charge in [-0.05, 0) is 24.6 Å². The number of ether oxygens (including phenoxy) is 1. The first-order chi connectivity index (χ1) is 13.0. The number of anilines is 2. The van der Waals surface area contributed by atoms with Gasteiger partial charge in [0, 0.05) is 37.3 Å². The van der Waals surface area contributed by atoms with Crippen molar-refractivity contribution in [2.24, 2.45) is 0 Å². The standard InChI is InChI=1S/C17H22ClN5O3S/c1-13-14(18)3-2-4-15(13)27(24,25)22-6-5-19-16-11-17(21-12-20-16)23-7-9-26-10-8-23/h2-4,11-12,22H,5-10H2,1H3,(H,19,20,21). The van der Waals surface area contributed by atoms with E-state index in [4.69, 9.17) is 16.3 Å². The fourth-order valence-corrected chi connectivity index (χ4v) is 4.27. The number of nitrogens with one attached hydrogen (secondary N) is 2. The van der Waals surface area contributed by atoms with Crippen molar-refractivity contribution in [3.63, 3.8) is 0 Å². The van der Waals surface area contributed by atoms with Crippen molar-refractivity contribution in [3.8, 4) is 0 Å². The Bertz CT molecular complexity index is 888. The number of rotatable bonds is 7. The predicted octanol–water partition coefficient (Wildman–Crippen LogP) is 1.67. The maximum absolute atomic E-state index is 12.4. The lowest BCUT2D eigenvalue weighted by Gasteiger charge is -2.27. The number of halogens is 1. The van der Waals surface area contributed by atoms with Gasteiger partial charge in [-0.1, -0.05) is 17.7 Å². The maximum atomic E-state index is 12.4. The summed E-state index contributed by atoms with van der Waals surface area (Å²) in [6.45, 7) is 5.21. The van der Waals surface area contributed by atoms with Gasteiger partial charge >= 0.3 is 0 Å². The van der Waals surface area contributed by atoms with E-state index in [1.165, 1.54) is 12.4 Å². The minimum Gasteiger partial charge on any atom is -0.378 e. The van der Waals surface area contributed by atoms with Crippen LogP contribution in [0.2, 0.25) is 5.02 Å². The fourth-order valence-electron chi connectivity index (χ4n) is 2.74. The third-order valence-electron chi connectivity index (χ3n) is 4.22. The van der Waals surface area contributed by atoms with Gasteiger partial charge in [0.25, 0.3) is 0 Å². The molecule has 1 aliphatic heterocycles. The number of aromatic nitrogens is 2. The van der Waals surface area contributed by atoms with E-state index >= 15 is 0 Å². The fraction of sp³-hybridized carbons (Fsp3) is 0.412. The molecule has 8 nitrogen and oxygen atoms in total. The molecular weight excluding hydrogens is 390 g/mol. The molecule has 0 amide bonds. The largest absolute Gasteiger partial charge is 0.378 e. The van der Waals surface area contributed by atoms with E-state index in [1.807, 2.05) is 6.07 Å². The number of hydrogen-bond acceptors (Lipinski definition) is 7. The average molecular weight is 412 g/mol. The topological polar surface area (TPSA) is 96.5 Å². The zero-order valence-electron chi connectivity index (χ0n) is 15.0. The second kappa shape index (κ2) is 8.83. The van der Waals surface area contributed by atoms with Crippen molar-refractivity contribution in [3.05, 3.63) is 41.2 Å². The Hall–Kier alpha value is -1.94. The smallest absolute Gasteiger partial charge is 0.240 e. The Morgan fingerprint density at radius 2 is 2.00 bits per heavy atom. The zero-order valence-corrected chi connectivity index (χ0v) is 16.6. The molecule has 1 aromatic carbocycles. The van der Waals surface area contributed by atoms with Crippen LogP contribution in [0.1, 0.15) is 5.56 Å².